The van der Waals surface area contributed by atoms with Crippen molar-refractivity contribution in [2.45, 2.75) is 18.8 Å². The number of alkyl halides is 3. The molecule has 0 atom stereocenters. The first-order valence-corrected chi connectivity index (χ1v) is 8.09. The van der Waals surface area contributed by atoms with Crippen molar-refractivity contribution in [1.82, 2.24) is 19.9 Å². The van der Waals surface area contributed by atoms with Crippen molar-refractivity contribution < 1.29 is 27.2 Å². The van der Waals surface area contributed by atoms with Crippen LogP contribution < -0.4 is 5.73 Å². The summed E-state index contributed by atoms with van der Waals surface area (Å²) in [6.45, 7) is 1.30. The van der Waals surface area contributed by atoms with E-state index in [1.165, 1.54) is 4.90 Å². The Bertz CT molecular complexity index is 789. The molecule has 1 aromatic carbocycles. The molecule has 0 saturated carbocycles. The molecule has 1 aliphatic rings. The van der Waals surface area contributed by atoms with Crippen LogP contribution >= 0.6 is 0 Å². The molecule has 1 fully saturated rings. The third-order valence-corrected chi connectivity index (χ3v) is 4.14. The Morgan fingerprint density at radius 1 is 1.30 bits per heavy atom. The molecule has 1 saturated heterocycles. The highest BCUT2D eigenvalue weighted by molar-refractivity contribution is 5.74. The Kier molecular flexibility index (Phi) is 5.33. The van der Waals surface area contributed by atoms with E-state index in [1.807, 2.05) is 0 Å². The number of urea groups is 1. The fraction of sp³-hybridized carbons (Fsp3) is 0.438. The molecule has 1 aliphatic heterocycles. The fourth-order valence-corrected chi connectivity index (χ4v) is 2.47. The van der Waals surface area contributed by atoms with Gasteiger partial charge in [0.15, 0.2) is 0 Å². The van der Waals surface area contributed by atoms with Crippen molar-refractivity contribution in [3.05, 3.63) is 35.7 Å². The van der Waals surface area contributed by atoms with Gasteiger partial charge in [-0.15, -0.1) is 0 Å². The van der Waals surface area contributed by atoms with Crippen LogP contribution in [0.5, 0.6) is 0 Å². The van der Waals surface area contributed by atoms with Gasteiger partial charge in [-0.05, 0) is 5.56 Å². The average Bonchev–Trinajstić information content (AvgIpc) is 3.09. The number of nitrogens with two attached hydrogens (primary N) is 1. The first-order valence-electron chi connectivity index (χ1n) is 8.09. The summed E-state index contributed by atoms with van der Waals surface area (Å²) >= 11 is 0. The quantitative estimate of drug-likeness (QED) is 0.790. The molecule has 0 unspecified atom stereocenters. The number of carbonyl (C=O) groups is 1. The van der Waals surface area contributed by atoms with Gasteiger partial charge >= 0.3 is 18.1 Å². The average molecular weight is 385 g/mol. The number of carbonyl (C=O) groups excluding carboxylic acids is 1. The molecular formula is C16H18F3N5O3. The number of ether oxygens (including phenoxy) is 1. The van der Waals surface area contributed by atoms with E-state index < -0.39 is 12.1 Å². The first kappa shape index (κ1) is 19.1. The molecule has 2 aromatic rings. The number of amides is 2. The number of hydrogen-bond acceptors (Lipinski definition) is 6. The van der Waals surface area contributed by atoms with E-state index >= 15 is 0 Å². The van der Waals surface area contributed by atoms with Gasteiger partial charge < -0.3 is 24.8 Å². The number of nitrogens with zero attached hydrogens (tertiary/aromatic N) is 4. The summed E-state index contributed by atoms with van der Waals surface area (Å²) in [5.74, 6) is -1.55. The molecule has 2 N–H and O–H groups in total. The van der Waals surface area contributed by atoms with Crippen molar-refractivity contribution in [3.8, 4) is 11.4 Å². The molecule has 11 heteroatoms. The number of hydrogen-bond donors (Lipinski definition) is 1. The lowest BCUT2D eigenvalue weighted by atomic mass is 10.1. The largest absolute Gasteiger partial charge is 0.471 e. The first-order chi connectivity index (χ1) is 12.8. The van der Waals surface area contributed by atoms with Crippen LogP contribution in [0, 0.1) is 0 Å². The third-order valence-electron chi connectivity index (χ3n) is 4.14. The standard InChI is InChI=1S/C16H18F3N5O3/c1-23(9-20)15(25)24(12-7-26-8-12)6-10-2-4-11(5-3-10)13-21-14(27-22-13)16(17,18)19/h2-5,12H,6-9,20H2,1H3. The van der Waals surface area contributed by atoms with Gasteiger partial charge in [-0.1, -0.05) is 29.4 Å². The Labute approximate surface area is 152 Å². The van der Waals surface area contributed by atoms with Crippen LogP contribution in [0.15, 0.2) is 28.8 Å². The maximum Gasteiger partial charge on any atom is 0.471 e. The zero-order chi connectivity index (χ0) is 19.6. The van der Waals surface area contributed by atoms with Crippen LogP contribution in [-0.2, 0) is 17.5 Å². The Morgan fingerprint density at radius 3 is 2.44 bits per heavy atom. The molecule has 27 heavy (non-hydrogen) atoms. The molecule has 3 rings (SSSR count). The summed E-state index contributed by atoms with van der Waals surface area (Å²) in [7, 11) is 1.60. The summed E-state index contributed by atoms with van der Waals surface area (Å²) < 4.78 is 47.1. The van der Waals surface area contributed by atoms with E-state index in [2.05, 4.69) is 14.7 Å². The normalized spacial score (nSPS) is 14.7. The van der Waals surface area contributed by atoms with Gasteiger partial charge in [-0.2, -0.15) is 18.2 Å². The summed E-state index contributed by atoms with van der Waals surface area (Å²) in [4.78, 5) is 18.9. The van der Waals surface area contributed by atoms with Crippen molar-refractivity contribution >= 4 is 6.03 Å². The molecule has 0 bridgehead atoms. The predicted octanol–water partition coefficient (Wildman–Crippen LogP) is 1.92. The lowest BCUT2D eigenvalue weighted by molar-refractivity contribution is -0.159. The minimum absolute atomic E-state index is 0.0438. The molecule has 0 aliphatic carbocycles. The monoisotopic (exact) mass is 385 g/mol. The predicted molar refractivity (Wildman–Crippen MR) is 87.1 cm³/mol. The van der Waals surface area contributed by atoms with Crippen LogP contribution in [0.1, 0.15) is 11.5 Å². The second-order valence-corrected chi connectivity index (χ2v) is 6.10. The van der Waals surface area contributed by atoms with Gasteiger partial charge in [0.05, 0.1) is 25.9 Å². The lowest BCUT2D eigenvalue weighted by Gasteiger charge is -2.39. The number of halogens is 3. The SMILES string of the molecule is CN(CN)C(=O)N(Cc1ccc(-c2noc(C(F)(F)F)n2)cc1)C1COC1. The van der Waals surface area contributed by atoms with Crippen LogP contribution in [0.2, 0.25) is 0 Å². The maximum atomic E-state index is 12.6. The van der Waals surface area contributed by atoms with Gasteiger partial charge in [-0.25, -0.2) is 4.79 Å². The van der Waals surface area contributed by atoms with E-state index in [0.29, 0.717) is 25.3 Å². The fourth-order valence-electron chi connectivity index (χ4n) is 2.47. The van der Waals surface area contributed by atoms with Gasteiger partial charge in [0.1, 0.15) is 0 Å². The van der Waals surface area contributed by atoms with E-state index in [-0.39, 0.29) is 24.6 Å². The highest BCUT2D eigenvalue weighted by atomic mass is 19.4. The minimum atomic E-state index is -4.69. The molecule has 2 heterocycles. The second kappa shape index (κ2) is 7.53. The summed E-state index contributed by atoms with van der Waals surface area (Å²) in [6, 6.07) is 6.28. The minimum Gasteiger partial charge on any atom is -0.377 e. The van der Waals surface area contributed by atoms with Crippen LogP contribution in [0.4, 0.5) is 18.0 Å². The zero-order valence-electron chi connectivity index (χ0n) is 14.4. The highest BCUT2D eigenvalue weighted by Gasteiger charge is 2.38. The Morgan fingerprint density at radius 2 is 1.96 bits per heavy atom. The van der Waals surface area contributed by atoms with Gasteiger partial charge in [0, 0.05) is 19.2 Å². The summed E-state index contributed by atoms with van der Waals surface area (Å²) in [5, 5.41) is 3.35. The number of aromatic nitrogens is 2. The molecule has 1 aromatic heterocycles. The highest BCUT2D eigenvalue weighted by Crippen LogP contribution is 2.29. The van der Waals surface area contributed by atoms with E-state index in [9.17, 15) is 18.0 Å². The molecule has 0 spiro atoms. The van der Waals surface area contributed by atoms with E-state index in [4.69, 9.17) is 10.5 Å². The van der Waals surface area contributed by atoms with Gasteiger partial charge in [-0.3, -0.25) is 0 Å². The molecule has 2 amide bonds. The summed E-state index contributed by atoms with van der Waals surface area (Å²) in [5.41, 5.74) is 6.70. The molecule has 0 radical (unpaired) electrons. The third kappa shape index (κ3) is 4.19. The molecule has 146 valence electrons. The molecule has 8 nitrogen and oxygen atoms in total. The van der Waals surface area contributed by atoms with E-state index in [1.54, 1.807) is 36.2 Å². The smallest absolute Gasteiger partial charge is 0.377 e. The summed E-state index contributed by atoms with van der Waals surface area (Å²) in [6.07, 6.45) is -4.69. The van der Waals surface area contributed by atoms with E-state index in [0.717, 1.165) is 5.56 Å². The van der Waals surface area contributed by atoms with Gasteiger partial charge in [0.25, 0.3) is 0 Å². The Hall–Kier alpha value is -2.66. The second-order valence-electron chi connectivity index (χ2n) is 6.10. The maximum absolute atomic E-state index is 12.6. The lowest BCUT2D eigenvalue weighted by Crippen LogP contribution is -2.55. The van der Waals surface area contributed by atoms with Crippen LogP contribution in [0.3, 0.4) is 0 Å². The number of benzene rings is 1. The van der Waals surface area contributed by atoms with Crippen molar-refractivity contribution in [2.24, 2.45) is 5.73 Å². The van der Waals surface area contributed by atoms with Gasteiger partial charge in [0.2, 0.25) is 5.82 Å². The Balaban J connectivity index is 1.74. The van der Waals surface area contributed by atoms with Crippen LogP contribution in [-0.4, -0.2) is 58.9 Å². The van der Waals surface area contributed by atoms with Crippen LogP contribution in [0.25, 0.3) is 11.4 Å². The van der Waals surface area contributed by atoms with Crippen molar-refractivity contribution in [1.29, 1.82) is 0 Å². The zero-order valence-corrected chi connectivity index (χ0v) is 14.4. The van der Waals surface area contributed by atoms with Crippen molar-refractivity contribution in [2.75, 3.05) is 26.9 Å². The number of rotatable bonds is 5. The molecular weight excluding hydrogens is 367 g/mol. The van der Waals surface area contributed by atoms with Crippen molar-refractivity contribution in [3.63, 3.8) is 0 Å². The topological polar surface area (TPSA) is 97.7 Å².